The van der Waals surface area contributed by atoms with Gasteiger partial charge in [0, 0.05) is 17.3 Å². The number of aromatic hydroxyl groups is 1. The highest BCUT2D eigenvalue weighted by Gasteiger charge is 2.15. The fourth-order valence-corrected chi connectivity index (χ4v) is 2.16. The number of hydrogen-bond donors (Lipinski definition) is 2. The van der Waals surface area contributed by atoms with Gasteiger partial charge in [-0.05, 0) is 45.0 Å². The van der Waals surface area contributed by atoms with Gasteiger partial charge in [-0.25, -0.2) is 4.68 Å². The highest BCUT2D eigenvalue weighted by molar-refractivity contribution is 5.40. The molecule has 0 saturated carbocycles. The first-order chi connectivity index (χ1) is 8.00. The van der Waals surface area contributed by atoms with Crippen molar-refractivity contribution in [2.24, 2.45) is 5.73 Å². The van der Waals surface area contributed by atoms with Gasteiger partial charge in [0.25, 0.3) is 0 Å². The van der Waals surface area contributed by atoms with Crippen LogP contribution in [0.1, 0.15) is 29.9 Å². The Hall–Kier alpha value is -1.81. The maximum atomic E-state index is 9.27. The first-order valence-electron chi connectivity index (χ1n) is 5.62. The third-order valence-electron chi connectivity index (χ3n) is 2.90. The number of hydrogen-bond acceptors (Lipinski definition) is 3. The second-order valence-electron chi connectivity index (χ2n) is 4.30. The van der Waals surface area contributed by atoms with E-state index in [0.29, 0.717) is 0 Å². The maximum absolute atomic E-state index is 9.27. The lowest BCUT2D eigenvalue weighted by molar-refractivity contribution is 0.475. The number of nitrogens with zero attached hydrogens (tertiary/aromatic N) is 2. The standard InChI is InChI=1S/C13H17N3O/c1-8(14)13-9(2)15-16(10(13)3)11-4-6-12(17)7-5-11/h4-8,17H,14H2,1-3H3. The molecule has 17 heavy (non-hydrogen) atoms. The van der Waals surface area contributed by atoms with Crippen molar-refractivity contribution in [2.45, 2.75) is 26.8 Å². The Kier molecular flexibility index (Phi) is 2.90. The van der Waals surface area contributed by atoms with Crippen LogP contribution >= 0.6 is 0 Å². The molecule has 0 aliphatic rings. The smallest absolute Gasteiger partial charge is 0.115 e. The van der Waals surface area contributed by atoms with E-state index in [1.807, 2.05) is 37.6 Å². The Morgan fingerprint density at radius 2 is 1.82 bits per heavy atom. The van der Waals surface area contributed by atoms with E-state index >= 15 is 0 Å². The third-order valence-corrected chi connectivity index (χ3v) is 2.90. The van der Waals surface area contributed by atoms with Crippen LogP contribution in [0.3, 0.4) is 0 Å². The molecule has 2 aromatic rings. The average molecular weight is 231 g/mol. The van der Waals surface area contributed by atoms with Gasteiger partial charge < -0.3 is 10.8 Å². The van der Waals surface area contributed by atoms with Gasteiger partial charge in [-0.1, -0.05) is 0 Å². The van der Waals surface area contributed by atoms with Crippen LogP contribution < -0.4 is 5.73 Å². The Labute approximate surface area is 101 Å². The van der Waals surface area contributed by atoms with Crippen LogP contribution in [0.25, 0.3) is 5.69 Å². The number of benzene rings is 1. The molecule has 0 radical (unpaired) electrons. The van der Waals surface area contributed by atoms with Gasteiger partial charge in [-0.15, -0.1) is 0 Å². The van der Waals surface area contributed by atoms with Crippen molar-refractivity contribution in [3.05, 3.63) is 41.2 Å². The zero-order valence-electron chi connectivity index (χ0n) is 10.3. The van der Waals surface area contributed by atoms with Crippen LogP contribution in [0, 0.1) is 13.8 Å². The first kappa shape index (κ1) is 11.7. The Bertz CT molecular complexity index is 526. The van der Waals surface area contributed by atoms with Gasteiger partial charge in [0.05, 0.1) is 11.4 Å². The molecule has 0 fully saturated rings. The third kappa shape index (κ3) is 2.03. The summed E-state index contributed by atoms with van der Waals surface area (Å²) in [6.45, 7) is 5.92. The fourth-order valence-electron chi connectivity index (χ4n) is 2.16. The highest BCUT2D eigenvalue weighted by atomic mass is 16.3. The second kappa shape index (κ2) is 4.22. The summed E-state index contributed by atoms with van der Waals surface area (Å²) >= 11 is 0. The van der Waals surface area contributed by atoms with Gasteiger partial charge in [-0.2, -0.15) is 5.10 Å². The number of nitrogens with two attached hydrogens (primary N) is 1. The molecule has 2 rings (SSSR count). The number of rotatable bonds is 2. The zero-order valence-corrected chi connectivity index (χ0v) is 10.3. The highest BCUT2D eigenvalue weighted by Crippen LogP contribution is 2.23. The summed E-state index contributed by atoms with van der Waals surface area (Å²) in [5.74, 6) is 0.252. The molecule has 0 bridgehead atoms. The maximum Gasteiger partial charge on any atom is 0.115 e. The zero-order chi connectivity index (χ0) is 12.6. The minimum Gasteiger partial charge on any atom is -0.508 e. The van der Waals surface area contributed by atoms with Gasteiger partial charge in [0.2, 0.25) is 0 Å². The fraction of sp³-hybridized carbons (Fsp3) is 0.308. The molecule has 1 aromatic heterocycles. The normalized spacial score (nSPS) is 12.7. The molecule has 0 aliphatic heterocycles. The lowest BCUT2D eigenvalue weighted by atomic mass is 10.1. The number of phenols is 1. The van der Waals surface area contributed by atoms with Crippen molar-refractivity contribution < 1.29 is 5.11 Å². The SMILES string of the molecule is Cc1nn(-c2ccc(O)cc2)c(C)c1C(C)N. The molecule has 3 N–H and O–H groups in total. The molecule has 4 heteroatoms. The van der Waals surface area contributed by atoms with E-state index in [0.717, 1.165) is 22.6 Å². The van der Waals surface area contributed by atoms with Crippen molar-refractivity contribution in [1.29, 1.82) is 0 Å². The lowest BCUT2D eigenvalue weighted by Gasteiger charge is -2.07. The van der Waals surface area contributed by atoms with Gasteiger partial charge in [-0.3, -0.25) is 0 Å². The average Bonchev–Trinajstić information content (AvgIpc) is 2.55. The molecule has 0 aliphatic carbocycles. The van der Waals surface area contributed by atoms with Crippen molar-refractivity contribution in [2.75, 3.05) is 0 Å². The monoisotopic (exact) mass is 231 g/mol. The van der Waals surface area contributed by atoms with Crippen LogP contribution in [0.15, 0.2) is 24.3 Å². The molecule has 4 nitrogen and oxygen atoms in total. The largest absolute Gasteiger partial charge is 0.508 e. The van der Waals surface area contributed by atoms with E-state index in [1.54, 1.807) is 12.1 Å². The van der Waals surface area contributed by atoms with Crippen molar-refractivity contribution >= 4 is 0 Å². The molecule has 1 unspecified atom stereocenters. The summed E-state index contributed by atoms with van der Waals surface area (Å²) in [6, 6.07) is 6.94. The topological polar surface area (TPSA) is 64.1 Å². The summed E-state index contributed by atoms with van der Waals surface area (Å²) in [4.78, 5) is 0. The Morgan fingerprint density at radius 1 is 1.24 bits per heavy atom. The predicted octanol–water partition coefficient (Wildman–Crippen LogP) is 2.21. The summed E-state index contributed by atoms with van der Waals surface area (Å²) in [5, 5.41) is 13.8. The summed E-state index contributed by atoms with van der Waals surface area (Å²) in [5.41, 5.74) is 9.94. The molecular weight excluding hydrogens is 214 g/mol. The second-order valence-corrected chi connectivity index (χ2v) is 4.30. The molecule has 1 atom stereocenters. The summed E-state index contributed by atoms with van der Waals surface area (Å²) < 4.78 is 1.85. The van der Waals surface area contributed by atoms with E-state index in [4.69, 9.17) is 5.73 Å². The van der Waals surface area contributed by atoms with Crippen molar-refractivity contribution in [1.82, 2.24) is 9.78 Å². The molecule has 1 heterocycles. The van der Waals surface area contributed by atoms with Crippen molar-refractivity contribution in [3.8, 4) is 11.4 Å². The number of phenolic OH excluding ortho intramolecular Hbond substituents is 1. The minimum atomic E-state index is -0.0270. The van der Waals surface area contributed by atoms with Gasteiger partial charge in [0.15, 0.2) is 0 Å². The minimum absolute atomic E-state index is 0.0270. The van der Waals surface area contributed by atoms with E-state index in [-0.39, 0.29) is 11.8 Å². The molecule has 1 aromatic carbocycles. The Morgan fingerprint density at radius 3 is 2.29 bits per heavy atom. The van der Waals surface area contributed by atoms with E-state index < -0.39 is 0 Å². The Balaban J connectivity index is 2.53. The van der Waals surface area contributed by atoms with Crippen molar-refractivity contribution in [3.63, 3.8) is 0 Å². The quantitative estimate of drug-likeness (QED) is 0.833. The van der Waals surface area contributed by atoms with Crippen LogP contribution in [-0.2, 0) is 0 Å². The summed E-state index contributed by atoms with van der Waals surface area (Å²) in [7, 11) is 0. The predicted molar refractivity (Wildman–Crippen MR) is 67.3 cm³/mol. The molecule has 0 saturated heterocycles. The van der Waals surface area contributed by atoms with Crippen LogP contribution in [0.5, 0.6) is 5.75 Å². The van der Waals surface area contributed by atoms with Crippen LogP contribution in [0.4, 0.5) is 0 Å². The first-order valence-corrected chi connectivity index (χ1v) is 5.62. The van der Waals surface area contributed by atoms with E-state index in [1.165, 1.54) is 0 Å². The lowest BCUT2D eigenvalue weighted by Crippen LogP contribution is -2.07. The molecular formula is C13H17N3O. The van der Waals surface area contributed by atoms with E-state index in [9.17, 15) is 5.11 Å². The molecule has 90 valence electrons. The van der Waals surface area contributed by atoms with Gasteiger partial charge >= 0.3 is 0 Å². The van der Waals surface area contributed by atoms with Crippen LogP contribution in [-0.4, -0.2) is 14.9 Å². The molecule has 0 amide bonds. The number of aromatic nitrogens is 2. The van der Waals surface area contributed by atoms with E-state index in [2.05, 4.69) is 5.10 Å². The number of aryl methyl sites for hydroxylation is 1. The van der Waals surface area contributed by atoms with Gasteiger partial charge in [0.1, 0.15) is 5.75 Å². The van der Waals surface area contributed by atoms with Crippen LogP contribution in [0.2, 0.25) is 0 Å². The summed E-state index contributed by atoms with van der Waals surface area (Å²) in [6.07, 6.45) is 0. The molecule has 0 spiro atoms.